The topological polar surface area (TPSA) is 117 Å². The number of ether oxygens (including phenoxy) is 2. The Balaban J connectivity index is 1.81. The van der Waals surface area contributed by atoms with E-state index in [1.807, 2.05) is 6.92 Å². The highest BCUT2D eigenvalue weighted by Gasteiger charge is 2.23. The second kappa shape index (κ2) is 9.16. The van der Waals surface area contributed by atoms with Crippen molar-refractivity contribution in [1.82, 2.24) is 19.7 Å². The molecule has 0 atom stereocenters. The van der Waals surface area contributed by atoms with E-state index in [2.05, 4.69) is 40.0 Å². The number of anilines is 1. The molecule has 1 N–H and O–H groups in total. The highest BCUT2D eigenvalue weighted by molar-refractivity contribution is 6.76. The summed E-state index contributed by atoms with van der Waals surface area (Å²) in [6.07, 6.45) is 2.76. The molecule has 3 aromatic rings. The van der Waals surface area contributed by atoms with Crippen LogP contribution in [0.1, 0.15) is 5.69 Å². The van der Waals surface area contributed by atoms with Gasteiger partial charge >= 0.3 is 5.82 Å². The van der Waals surface area contributed by atoms with Crippen molar-refractivity contribution in [2.45, 2.75) is 39.3 Å². The molecule has 0 unspecified atom stereocenters. The van der Waals surface area contributed by atoms with Gasteiger partial charge in [-0.3, -0.25) is 0 Å². The Morgan fingerprint density at radius 2 is 2.03 bits per heavy atom. The van der Waals surface area contributed by atoms with Crippen molar-refractivity contribution in [1.29, 1.82) is 0 Å². The van der Waals surface area contributed by atoms with Crippen LogP contribution in [0.25, 0.3) is 11.0 Å². The number of halogens is 1. The van der Waals surface area contributed by atoms with Crippen molar-refractivity contribution >= 4 is 42.2 Å². The van der Waals surface area contributed by atoms with Crippen LogP contribution in [0.4, 0.5) is 11.5 Å². The molecule has 0 aliphatic carbocycles. The SMILES string of the molecule is CNc1c([N+](=O)[O-])ncc(Oc2cnc3c(c2)c(C)nn3COCC[Si](C)(C)C)c1Cl. The quantitative estimate of drug-likeness (QED) is 0.207. The molecule has 0 saturated heterocycles. The predicted octanol–water partition coefficient (Wildman–Crippen LogP) is 4.84. The van der Waals surface area contributed by atoms with Gasteiger partial charge in [0.1, 0.15) is 17.5 Å². The fraction of sp³-hybridized carbons (Fsp3) is 0.421. The van der Waals surface area contributed by atoms with Crippen molar-refractivity contribution in [2.24, 2.45) is 0 Å². The maximum absolute atomic E-state index is 11.1. The first-order chi connectivity index (χ1) is 14.6. The molecule has 3 rings (SSSR count). The van der Waals surface area contributed by atoms with Crippen LogP contribution in [0.15, 0.2) is 18.5 Å². The van der Waals surface area contributed by atoms with Crippen molar-refractivity contribution in [3.8, 4) is 11.5 Å². The number of nitrogens with zero attached hydrogens (tertiary/aromatic N) is 5. The third-order valence-corrected chi connectivity index (χ3v) is 6.65. The number of hydrogen-bond donors (Lipinski definition) is 1. The van der Waals surface area contributed by atoms with Crippen LogP contribution in [0.5, 0.6) is 11.5 Å². The van der Waals surface area contributed by atoms with Gasteiger partial charge in [0.15, 0.2) is 23.3 Å². The van der Waals surface area contributed by atoms with Gasteiger partial charge < -0.3 is 24.9 Å². The molecule has 0 aliphatic heterocycles. The summed E-state index contributed by atoms with van der Waals surface area (Å²) >= 11 is 6.28. The molecule has 0 fully saturated rings. The van der Waals surface area contributed by atoms with E-state index in [0.717, 1.165) is 17.1 Å². The van der Waals surface area contributed by atoms with Gasteiger partial charge in [0.25, 0.3) is 0 Å². The molecule has 3 heterocycles. The van der Waals surface area contributed by atoms with E-state index >= 15 is 0 Å². The largest absolute Gasteiger partial charge is 0.450 e. The zero-order valence-electron chi connectivity index (χ0n) is 18.1. The number of fused-ring (bicyclic) bond motifs is 1. The maximum Gasteiger partial charge on any atom is 0.388 e. The minimum atomic E-state index is -1.15. The van der Waals surface area contributed by atoms with Crippen LogP contribution >= 0.6 is 11.6 Å². The Morgan fingerprint density at radius 3 is 2.68 bits per heavy atom. The number of rotatable bonds is 9. The molecule has 0 amide bonds. The molecule has 0 aromatic carbocycles. The lowest BCUT2D eigenvalue weighted by atomic mass is 10.3. The summed E-state index contributed by atoms with van der Waals surface area (Å²) in [4.78, 5) is 18.8. The van der Waals surface area contributed by atoms with Crippen molar-refractivity contribution in [2.75, 3.05) is 19.0 Å². The zero-order chi connectivity index (χ0) is 22.8. The zero-order valence-corrected chi connectivity index (χ0v) is 19.9. The van der Waals surface area contributed by atoms with Crippen LogP contribution in [0.3, 0.4) is 0 Å². The smallest absolute Gasteiger partial charge is 0.388 e. The molecule has 0 aliphatic rings. The molecule has 0 bridgehead atoms. The molecular formula is C19H25ClN6O4Si. The van der Waals surface area contributed by atoms with Gasteiger partial charge in [-0.05, 0) is 28.9 Å². The monoisotopic (exact) mass is 464 g/mol. The lowest BCUT2D eigenvalue weighted by Crippen LogP contribution is -2.22. The van der Waals surface area contributed by atoms with Gasteiger partial charge in [-0.2, -0.15) is 5.10 Å². The summed E-state index contributed by atoms with van der Waals surface area (Å²) in [5, 5.41) is 19.2. The second-order valence-corrected chi connectivity index (χ2v) is 14.2. The Labute approximate surface area is 185 Å². The van der Waals surface area contributed by atoms with Crippen molar-refractivity contribution in [3.63, 3.8) is 0 Å². The van der Waals surface area contributed by atoms with Gasteiger partial charge in [-0.15, -0.1) is 0 Å². The first-order valence-electron chi connectivity index (χ1n) is 9.70. The lowest BCUT2D eigenvalue weighted by molar-refractivity contribution is -0.388. The number of hydrogen-bond acceptors (Lipinski definition) is 8. The average molecular weight is 465 g/mol. The number of pyridine rings is 2. The van der Waals surface area contributed by atoms with Crippen LogP contribution in [0.2, 0.25) is 30.7 Å². The maximum atomic E-state index is 11.1. The molecule has 31 heavy (non-hydrogen) atoms. The first-order valence-corrected chi connectivity index (χ1v) is 13.8. The Bertz CT molecular complexity index is 1110. The van der Waals surface area contributed by atoms with Gasteiger partial charge in [-0.1, -0.05) is 31.2 Å². The highest BCUT2D eigenvalue weighted by atomic mass is 35.5. The number of aromatic nitrogens is 4. The summed E-state index contributed by atoms with van der Waals surface area (Å²) in [6.45, 7) is 9.81. The molecule has 0 spiro atoms. The number of nitro groups is 1. The average Bonchev–Trinajstić information content (AvgIpc) is 3.01. The van der Waals surface area contributed by atoms with Crippen LogP contribution < -0.4 is 10.1 Å². The van der Waals surface area contributed by atoms with E-state index in [1.165, 1.54) is 13.2 Å². The fourth-order valence-electron chi connectivity index (χ4n) is 2.89. The number of nitrogens with one attached hydrogen (secondary N) is 1. The third kappa shape index (κ3) is 5.30. The number of aryl methyl sites for hydroxylation is 1. The Kier molecular flexibility index (Phi) is 6.77. The summed E-state index contributed by atoms with van der Waals surface area (Å²) in [6, 6.07) is 2.87. The molecule has 0 radical (unpaired) electrons. The van der Waals surface area contributed by atoms with E-state index < -0.39 is 13.0 Å². The Morgan fingerprint density at radius 1 is 1.29 bits per heavy atom. The molecule has 10 nitrogen and oxygen atoms in total. The molecule has 3 aromatic heterocycles. The predicted molar refractivity (Wildman–Crippen MR) is 122 cm³/mol. The van der Waals surface area contributed by atoms with E-state index in [0.29, 0.717) is 24.7 Å². The lowest BCUT2D eigenvalue weighted by Gasteiger charge is -2.15. The minimum Gasteiger partial charge on any atom is -0.450 e. The van der Waals surface area contributed by atoms with Gasteiger partial charge in [0.05, 0.1) is 11.9 Å². The summed E-state index contributed by atoms with van der Waals surface area (Å²) in [5.41, 5.74) is 1.55. The van der Waals surface area contributed by atoms with E-state index in [-0.39, 0.29) is 22.3 Å². The van der Waals surface area contributed by atoms with E-state index in [1.54, 1.807) is 16.9 Å². The van der Waals surface area contributed by atoms with Gasteiger partial charge in [0, 0.05) is 27.1 Å². The molecule has 166 valence electrons. The van der Waals surface area contributed by atoms with Gasteiger partial charge in [-0.25, -0.2) is 9.67 Å². The summed E-state index contributed by atoms with van der Waals surface area (Å²) < 4.78 is 13.3. The summed E-state index contributed by atoms with van der Waals surface area (Å²) in [7, 11) is 0.370. The van der Waals surface area contributed by atoms with E-state index in [9.17, 15) is 10.1 Å². The van der Waals surface area contributed by atoms with Crippen molar-refractivity contribution < 1.29 is 14.4 Å². The summed E-state index contributed by atoms with van der Waals surface area (Å²) in [5.74, 6) is 0.214. The molecular weight excluding hydrogens is 440 g/mol. The fourth-order valence-corrected chi connectivity index (χ4v) is 3.91. The molecule has 0 saturated carbocycles. The normalized spacial score (nSPS) is 11.7. The molecule has 12 heteroatoms. The van der Waals surface area contributed by atoms with E-state index in [4.69, 9.17) is 21.1 Å². The highest BCUT2D eigenvalue weighted by Crippen LogP contribution is 2.39. The minimum absolute atomic E-state index is 0.0625. The van der Waals surface area contributed by atoms with Crippen LogP contribution in [0, 0.1) is 17.0 Å². The Hall–Kier alpha value is -2.76. The van der Waals surface area contributed by atoms with Gasteiger partial charge in [0.2, 0.25) is 0 Å². The second-order valence-electron chi connectivity index (χ2n) is 8.22. The van der Waals surface area contributed by atoms with Crippen LogP contribution in [-0.4, -0.2) is 46.4 Å². The van der Waals surface area contributed by atoms with Crippen molar-refractivity contribution in [3.05, 3.63) is 39.3 Å². The first kappa shape index (κ1) is 22.9. The van der Waals surface area contributed by atoms with Crippen LogP contribution in [-0.2, 0) is 11.5 Å². The third-order valence-electron chi connectivity index (χ3n) is 4.57. The standard InChI is InChI=1S/C19H25ClN6O4Si/c1-12-14-8-13(30-15-10-23-19(26(27)28)17(21-2)16(15)20)9-22-18(14)25(24-12)11-29-6-7-31(3,4)5/h8-10,21H,6-7,11H2,1-5H3.